The minimum atomic E-state index is 0.570. The van der Waals surface area contributed by atoms with Crippen LogP contribution in [0, 0.1) is 5.92 Å². The number of ether oxygens (including phenoxy) is 1. The van der Waals surface area contributed by atoms with E-state index in [0.717, 1.165) is 32.1 Å². The van der Waals surface area contributed by atoms with Crippen LogP contribution in [0.3, 0.4) is 0 Å². The van der Waals surface area contributed by atoms with Crippen LogP contribution in [0.1, 0.15) is 17.9 Å². The summed E-state index contributed by atoms with van der Waals surface area (Å²) in [7, 11) is 0. The van der Waals surface area contributed by atoms with E-state index in [0.29, 0.717) is 34.4 Å². The zero-order chi connectivity index (χ0) is 17.9. The third-order valence-electron chi connectivity index (χ3n) is 5.28. The summed E-state index contributed by atoms with van der Waals surface area (Å²) >= 11 is 12.0. The zero-order valence-electron chi connectivity index (χ0n) is 14.7. The van der Waals surface area contributed by atoms with Gasteiger partial charge in [-0.05, 0) is 36.1 Å². The van der Waals surface area contributed by atoms with Gasteiger partial charge >= 0.3 is 0 Å². The maximum absolute atomic E-state index is 6.12. The van der Waals surface area contributed by atoms with Crippen molar-refractivity contribution in [3.8, 4) is 5.75 Å². The van der Waals surface area contributed by atoms with Crippen molar-refractivity contribution in [1.82, 2.24) is 10.2 Å². The van der Waals surface area contributed by atoms with Gasteiger partial charge in [-0.1, -0.05) is 53.5 Å². The molecule has 2 fully saturated rings. The van der Waals surface area contributed by atoms with Gasteiger partial charge in [0.15, 0.2) is 0 Å². The van der Waals surface area contributed by atoms with E-state index in [1.54, 1.807) is 12.1 Å². The first-order valence-electron chi connectivity index (χ1n) is 9.27. The van der Waals surface area contributed by atoms with E-state index in [4.69, 9.17) is 27.9 Å². The summed E-state index contributed by atoms with van der Waals surface area (Å²) in [6.07, 6.45) is 1.27. The zero-order valence-corrected chi connectivity index (χ0v) is 16.2. The van der Waals surface area contributed by atoms with Crippen LogP contribution in [-0.2, 0) is 0 Å². The van der Waals surface area contributed by atoms with Gasteiger partial charge in [0.2, 0.25) is 0 Å². The largest absolute Gasteiger partial charge is 0.491 e. The van der Waals surface area contributed by atoms with Gasteiger partial charge in [-0.2, -0.15) is 0 Å². The van der Waals surface area contributed by atoms with Gasteiger partial charge in [-0.15, -0.1) is 0 Å². The Morgan fingerprint density at radius 1 is 1.08 bits per heavy atom. The van der Waals surface area contributed by atoms with Crippen LogP contribution in [0.4, 0.5) is 0 Å². The summed E-state index contributed by atoms with van der Waals surface area (Å²) in [5, 5.41) is 4.93. The van der Waals surface area contributed by atoms with E-state index in [1.165, 1.54) is 12.0 Å². The molecule has 4 rings (SSSR count). The highest BCUT2D eigenvalue weighted by Crippen LogP contribution is 2.40. The SMILES string of the molecule is Clc1ccc(OCCN2CC(CN[C@@H]3C[C@H]3c3ccccc3)C2)c(Cl)c1. The standard InChI is InChI=1S/C21H24Cl2N2O/c22-17-6-7-21(19(23)10-17)26-9-8-25-13-15(14-25)12-24-20-11-18(20)16-4-2-1-3-5-16/h1-7,10,15,18,20,24H,8-9,11-14H2/t18-,20+/m0/s1. The van der Waals surface area contributed by atoms with Gasteiger partial charge in [0, 0.05) is 43.2 Å². The topological polar surface area (TPSA) is 24.5 Å². The van der Waals surface area contributed by atoms with Gasteiger partial charge in [0.1, 0.15) is 12.4 Å². The first-order valence-corrected chi connectivity index (χ1v) is 10.0. The van der Waals surface area contributed by atoms with E-state index < -0.39 is 0 Å². The predicted octanol–water partition coefficient (Wildman–Crippen LogP) is 4.45. The van der Waals surface area contributed by atoms with E-state index in [9.17, 15) is 0 Å². The Bertz CT molecular complexity index is 734. The van der Waals surface area contributed by atoms with Gasteiger partial charge in [0.25, 0.3) is 0 Å². The Morgan fingerprint density at radius 3 is 2.65 bits per heavy atom. The molecule has 2 atom stereocenters. The Kier molecular flexibility index (Phi) is 5.70. The molecule has 1 saturated carbocycles. The number of nitrogens with one attached hydrogen (secondary N) is 1. The van der Waals surface area contributed by atoms with Gasteiger partial charge in [-0.25, -0.2) is 0 Å². The van der Waals surface area contributed by atoms with Crippen LogP contribution in [-0.4, -0.2) is 43.7 Å². The van der Waals surface area contributed by atoms with Crippen molar-refractivity contribution in [1.29, 1.82) is 0 Å². The number of benzene rings is 2. The average molecular weight is 391 g/mol. The first-order chi connectivity index (χ1) is 12.7. The highest BCUT2D eigenvalue weighted by molar-refractivity contribution is 6.35. The molecule has 0 amide bonds. The quantitative estimate of drug-likeness (QED) is 0.720. The van der Waals surface area contributed by atoms with Gasteiger partial charge < -0.3 is 10.1 Å². The molecular weight excluding hydrogens is 367 g/mol. The Morgan fingerprint density at radius 2 is 1.88 bits per heavy atom. The van der Waals surface area contributed by atoms with E-state index >= 15 is 0 Å². The molecule has 1 heterocycles. The molecule has 1 saturated heterocycles. The number of halogens is 2. The third kappa shape index (κ3) is 4.52. The molecular formula is C21H24Cl2N2O. The van der Waals surface area contributed by atoms with Crippen LogP contribution in [0.5, 0.6) is 5.75 Å². The van der Waals surface area contributed by atoms with Crippen LogP contribution < -0.4 is 10.1 Å². The molecule has 0 unspecified atom stereocenters. The molecule has 1 aliphatic carbocycles. The van der Waals surface area contributed by atoms with Crippen molar-refractivity contribution in [3.63, 3.8) is 0 Å². The van der Waals surface area contributed by atoms with Crippen LogP contribution in [0.15, 0.2) is 48.5 Å². The lowest BCUT2D eigenvalue weighted by atomic mass is 10.0. The maximum atomic E-state index is 6.12. The third-order valence-corrected chi connectivity index (χ3v) is 5.81. The lowest BCUT2D eigenvalue weighted by molar-refractivity contribution is 0.0820. The van der Waals surface area contributed by atoms with Crippen LogP contribution in [0.2, 0.25) is 10.0 Å². The number of hydrogen-bond acceptors (Lipinski definition) is 3. The molecule has 2 aromatic carbocycles. The lowest BCUT2D eigenvalue weighted by Gasteiger charge is -2.39. The molecule has 0 aromatic heterocycles. The summed E-state index contributed by atoms with van der Waals surface area (Å²) in [4.78, 5) is 2.43. The fraction of sp³-hybridized carbons (Fsp3) is 0.429. The molecule has 0 radical (unpaired) electrons. The Labute approximate surface area is 165 Å². The smallest absolute Gasteiger partial charge is 0.138 e. The molecule has 1 N–H and O–H groups in total. The normalized spacial score (nSPS) is 22.8. The minimum absolute atomic E-state index is 0.570. The molecule has 3 nitrogen and oxygen atoms in total. The molecule has 0 bridgehead atoms. The number of hydrogen-bond donors (Lipinski definition) is 1. The highest BCUT2D eigenvalue weighted by atomic mass is 35.5. The lowest BCUT2D eigenvalue weighted by Crippen LogP contribution is -2.52. The summed E-state index contributed by atoms with van der Waals surface area (Å²) in [5.41, 5.74) is 1.47. The predicted molar refractivity (Wildman–Crippen MR) is 107 cm³/mol. The van der Waals surface area contributed by atoms with Crippen molar-refractivity contribution >= 4 is 23.2 Å². The molecule has 2 aromatic rings. The molecule has 26 heavy (non-hydrogen) atoms. The fourth-order valence-electron chi connectivity index (χ4n) is 3.67. The van der Waals surface area contributed by atoms with E-state index in [1.807, 2.05) is 6.07 Å². The molecule has 5 heteroatoms. The number of rotatable bonds is 8. The first kappa shape index (κ1) is 18.1. The van der Waals surface area contributed by atoms with Crippen molar-refractivity contribution < 1.29 is 4.74 Å². The van der Waals surface area contributed by atoms with Crippen LogP contribution >= 0.6 is 23.2 Å². The molecule has 0 spiro atoms. The summed E-state index contributed by atoms with van der Waals surface area (Å²) in [6, 6.07) is 16.8. The second-order valence-corrected chi connectivity index (χ2v) is 8.16. The number of likely N-dealkylation sites (tertiary alicyclic amines) is 1. The van der Waals surface area contributed by atoms with Crippen molar-refractivity contribution in [2.75, 3.05) is 32.8 Å². The monoisotopic (exact) mass is 390 g/mol. The van der Waals surface area contributed by atoms with Crippen molar-refractivity contribution in [2.24, 2.45) is 5.92 Å². The molecule has 2 aliphatic rings. The fourth-order valence-corrected chi connectivity index (χ4v) is 4.14. The summed E-state index contributed by atoms with van der Waals surface area (Å²) < 4.78 is 5.76. The van der Waals surface area contributed by atoms with Crippen LogP contribution in [0.25, 0.3) is 0 Å². The highest BCUT2D eigenvalue weighted by Gasteiger charge is 2.38. The minimum Gasteiger partial charge on any atom is -0.491 e. The average Bonchev–Trinajstić information content (AvgIpc) is 3.38. The van der Waals surface area contributed by atoms with Crippen molar-refractivity contribution in [3.05, 3.63) is 64.1 Å². The molecule has 138 valence electrons. The maximum Gasteiger partial charge on any atom is 0.138 e. The second-order valence-electron chi connectivity index (χ2n) is 7.32. The number of nitrogens with zero attached hydrogens (tertiary/aromatic N) is 1. The Balaban J connectivity index is 1.09. The molecule has 1 aliphatic heterocycles. The van der Waals surface area contributed by atoms with Gasteiger partial charge in [-0.3, -0.25) is 4.90 Å². The van der Waals surface area contributed by atoms with E-state index in [2.05, 4.69) is 40.5 Å². The van der Waals surface area contributed by atoms with Crippen molar-refractivity contribution in [2.45, 2.75) is 18.4 Å². The van der Waals surface area contributed by atoms with E-state index in [-0.39, 0.29) is 0 Å². The second kappa shape index (κ2) is 8.18. The summed E-state index contributed by atoms with van der Waals surface area (Å²) in [5.74, 6) is 2.17. The summed E-state index contributed by atoms with van der Waals surface area (Å²) in [6.45, 7) is 5.00. The Hall–Kier alpha value is -1.26. The van der Waals surface area contributed by atoms with Gasteiger partial charge in [0.05, 0.1) is 5.02 Å².